The number of anilines is 1. The van der Waals surface area contributed by atoms with Crippen LogP contribution in [0.3, 0.4) is 0 Å². The number of aromatic carboxylic acids is 1. The Morgan fingerprint density at radius 1 is 1.18 bits per heavy atom. The highest BCUT2D eigenvalue weighted by molar-refractivity contribution is 8.00. The lowest BCUT2D eigenvalue weighted by Gasteiger charge is -2.27. The Balaban J connectivity index is 1.44. The molecule has 1 unspecified atom stereocenters. The first-order valence-corrected chi connectivity index (χ1v) is 11.8. The first-order chi connectivity index (χ1) is 16.0. The van der Waals surface area contributed by atoms with Gasteiger partial charge in [0.05, 0.1) is 18.4 Å². The van der Waals surface area contributed by atoms with Gasteiger partial charge in [0.15, 0.2) is 0 Å². The highest BCUT2D eigenvalue weighted by atomic mass is 32.2. The molecule has 33 heavy (non-hydrogen) atoms. The first-order valence-electron chi connectivity index (χ1n) is 10.7. The average molecular weight is 468 g/mol. The van der Waals surface area contributed by atoms with Crippen LogP contribution in [0.5, 0.6) is 5.75 Å². The lowest BCUT2D eigenvalue weighted by atomic mass is 9.94. The molecule has 0 spiro atoms. The van der Waals surface area contributed by atoms with Crippen LogP contribution in [0.1, 0.15) is 41.6 Å². The molecule has 8 nitrogen and oxygen atoms in total. The van der Waals surface area contributed by atoms with Crippen molar-refractivity contribution in [2.24, 2.45) is 0 Å². The Bertz CT molecular complexity index is 1080. The fourth-order valence-electron chi connectivity index (χ4n) is 4.11. The predicted molar refractivity (Wildman–Crippen MR) is 125 cm³/mol. The van der Waals surface area contributed by atoms with Crippen LogP contribution in [-0.2, 0) is 16.1 Å². The largest absolute Gasteiger partial charge is 0.497 e. The molecule has 2 aliphatic rings. The van der Waals surface area contributed by atoms with Gasteiger partial charge in [-0.15, -0.1) is 11.8 Å². The highest BCUT2D eigenvalue weighted by Crippen LogP contribution is 2.41. The summed E-state index contributed by atoms with van der Waals surface area (Å²) in [5.74, 6) is -0.0647. The summed E-state index contributed by atoms with van der Waals surface area (Å²) < 4.78 is 5.22. The topological polar surface area (TPSA) is 109 Å². The first kappa shape index (κ1) is 22.8. The van der Waals surface area contributed by atoms with Crippen molar-refractivity contribution in [2.45, 2.75) is 37.6 Å². The number of ether oxygens (including phenoxy) is 1. The maximum absolute atomic E-state index is 13.2. The van der Waals surface area contributed by atoms with Crippen molar-refractivity contribution in [2.75, 3.05) is 18.2 Å². The molecule has 2 heterocycles. The molecule has 1 aliphatic heterocycles. The van der Waals surface area contributed by atoms with Crippen LogP contribution in [0.2, 0.25) is 0 Å². The number of nitrogens with one attached hydrogen (secondary N) is 1. The van der Waals surface area contributed by atoms with E-state index in [-0.39, 0.29) is 28.5 Å². The fraction of sp³-hybridized carbons (Fsp3) is 0.333. The number of benzene rings is 1. The predicted octanol–water partition coefficient (Wildman–Crippen LogP) is 3.70. The minimum absolute atomic E-state index is 0.0535. The normalized spacial score (nSPS) is 17.7. The van der Waals surface area contributed by atoms with E-state index in [1.165, 1.54) is 30.1 Å². The smallest absolute Gasteiger partial charge is 0.337 e. The number of carboxylic acid groups (broad SMARTS) is 1. The third-order valence-corrected chi connectivity index (χ3v) is 7.06. The van der Waals surface area contributed by atoms with E-state index in [2.05, 4.69) is 10.3 Å². The molecule has 4 rings (SSSR count). The third kappa shape index (κ3) is 5.19. The number of amides is 2. The van der Waals surface area contributed by atoms with E-state index in [1.54, 1.807) is 7.11 Å². The Morgan fingerprint density at radius 2 is 1.94 bits per heavy atom. The molecule has 2 aromatic rings. The van der Waals surface area contributed by atoms with Gasteiger partial charge in [0.25, 0.3) is 5.91 Å². The summed E-state index contributed by atoms with van der Waals surface area (Å²) in [4.78, 5) is 42.5. The number of pyridine rings is 1. The Hall–Kier alpha value is -3.33. The standard InChI is InChI=1S/C24H25N3O5S/c1-32-17-9-6-15(7-10-17)13-27-22(29)18-4-2-3-5-19(18)23(27)33-14-21(28)26-20-11-8-16(12-25-20)24(30)31/h6-12,23H,2-5,13-14H2,1H3,(H,30,31)(H,25,26,28). The maximum atomic E-state index is 13.2. The summed E-state index contributed by atoms with van der Waals surface area (Å²) in [6.07, 6.45) is 4.92. The molecular formula is C24H25N3O5S. The maximum Gasteiger partial charge on any atom is 0.337 e. The van der Waals surface area contributed by atoms with Gasteiger partial charge in [-0.1, -0.05) is 12.1 Å². The van der Waals surface area contributed by atoms with Crippen molar-refractivity contribution in [3.8, 4) is 5.75 Å². The molecule has 9 heteroatoms. The van der Waals surface area contributed by atoms with Crippen LogP contribution in [0.4, 0.5) is 5.82 Å². The van der Waals surface area contributed by atoms with Crippen LogP contribution in [0, 0.1) is 0 Å². The van der Waals surface area contributed by atoms with Gasteiger partial charge >= 0.3 is 5.97 Å². The van der Waals surface area contributed by atoms with Gasteiger partial charge in [0.1, 0.15) is 16.9 Å². The number of aromatic nitrogens is 1. The van der Waals surface area contributed by atoms with Gasteiger partial charge in [0.2, 0.25) is 5.91 Å². The molecule has 1 aliphatic carbocycles. The van der Waals surface area contributed by atoms with Crippen molar-refractivity contribution in [1.29, 1.82) is 0 Å². The third-order valence-electron chi connectivity index (χ3n) is 5.77. The van der Waals surface area contributed by atoms with Crippen molar-refractivity contribution >= 4 is 35.4 Å². The van der Waals surface area contributed by atoms with Gasteiger partial charge in [-0.3, -0.25) is 9.59 Å². The van der Waals surface area contributed by atoms with Crippen molar-refractivity contribution < 1.29 is 24.2 Å². The quantitative estimate of drug-likeness (QED) is 0.609. The van der Waals surface area contributed by atoms with Gasteiger partial charge in [0, 0.05) is 18.3 Å². The van der Waals surface area contributed by atoms with Gasteiger partial charge in [-0.25, -0.2) is 9.78 Å². The molecule has 2 amide bonds. The number of hydrogen-bond acceptors (Lipinski definition) is 6. The fourth-order valence-corrected chi connectivity index (χ4v) is 5.31. The zero-order valence-electron chi connectivity index (χ0n) is 18.2. The lowest BCUT2D eigenvalue weighted by Crippen LogP contribution is -2.34. The molecule has 0 fully saturated rings. The molecule has 172 valence electrons. The molecule has 1 aromatic carbocycles. The van der Waals surface area contributed by atoms with Crippen LogP contribution < -0.4 is 10.1 Å². The molecular weight excluding hydrogens is 442 g/mol. The van der Waals surface area contributed by atoms with Crippen molar-refractivity contribution in [3.05, 3.63) is 64.9 Å². The van der Waals surface area contributed by atoms with Crippen molar-refractivity contribution in [3.63, 3.8) is 0 Å². The number of carboxylic acids is 1. The van der Waals surface area contributed by atoms with Crippen LogP contribution in [0.25, 0.3) is 0 Å². The second kappa shape index (κ2) is 10.1. The number of methoxy groups -OCH3 is 1. The average Bonchev–Trinajstić information content (AvgIpc) is 3.09. The Morgan fingerprint density at radius 3 is 2.61 bits per heavy atom. The zero-order valence-corrected chi connectivity index (χ0v) is 19.1. The van der Waals surface area contributed by atoms with Crippen LogP contribution in [-0.4, -0.2) is 51.0 Å². The van der Waals surface area contributed by atoms with Gasteiger partial charge in [-0.2, -0.15) is 0 Å². The molecule has 0 saturated heterocycles. The second-order valence-corrected chi connectivity index (χ2v) is 9.01. The monoisotopic (exact) mass is 467 g/mol. The molecule has 0 bridgehead atoms. The number of hydrogen-bond donors (Lipinski definition) is 2. The number of nitrogens with zero attached hydrogens (tertiary/aromatic N) is 2. The van der Waals surface area contributed by atoms with E-state index < -0.39 is 5.97 Å². The van der Waals surface area contributed by atoms with Crippen LogP contribution in [0.15, 0.2) is 53.7 Å². The summed E-state index contributed by atoms with van der Waals surface area (Å²) in [6.45, 7) is 0.466. The van der Waals surface area contributed by atoms with E-state index in [0.29, 0.717) is 12.4 Å². The van der Waals surface area contributed by atoms with Gasteiger partial charge < -0.3 is 20.1 Å². The Kier molecular flexibility index (Phi) is 6.98. The van der Waals surface area contributed by atoms with E-state index >= 15 is 0 Å². The Labute approximate surface area is 196 Å². The van der Waals surface area contributed by atoms with E-state index in [9.17, 15) is 14.4 Å². The molecule has 1 atom stereocenters. The molecule has 0 saturated carbocycles. The lowest BCUT2D eigenvalue weighted by molar-refractivity contribution is -0.126. The summed E-state index contributed by atoms with van der Waals surface area (Å²) in [5.41, 5.74) is 3.10. The zero-order chi connectivity index (χ0) is 23.4. The number of rotatable bonds is 8. The van der Waals surface area contributed by atoms with Gasteiger partial charge in [-0.05, 0) is 61.1 Å². The SMILES string of the molecule is COc1ccc(CN2C(=O)C3=C(CCCC3)C2SCC(=O)Nc2ccc(C(=O)O)cn2)cc1. The van der Waals surface area contributed by atoms with E-state index in [1.807, 2.05) is 29.2 Å². The van der Waals surface area contributed by atoms with E-state index in [4.69, 9.17) is 9.84 Å². The minimum Gasteiger partial charge on any atom is -0.497 e. The van der Waals surface area contributed by atoms with E-state index in [0.717, 1.165) is 48.1 Å². The number of thioether (sulfide) groups is 1. The molecule has 2 N–H and O–H groups in total. The second-order valence-electron chi connectivity index (χ2n) is 7.94. The summed E-state index contributed by atoms with van der Waals surface area (Å²) in [6, 6.07) is 10.5. The van der Waals surface area contributed by atoms with Crippen LogP contribution >= 0.6 is 11.8 Å². The number of carbonyl (C=O) groups is 3. The number of carbonyl (C=O) groups excluding carboxylic acids is 2. The van der Waals surface area contributed by atoms with Crippen molar-refractivity contribution in [1.82, 2.24) is 9.88 Å². The highest BCUT2D eigenvalue weighted by Gasteiger charge is 2.40. The summed E-state index contributed by atoms with van der Waals surface area (Å²) in [7, 11) is 1.62. The molecule has 0 radical (unpaired) electrons. The summed E-state index contributed by atoms with van der Waals surface area (Å²) in [5, 5.41) is 11.5. The molecule has 1 aromatic heterocycles. The summed E-state index contributed by atoms with van der Waals surface area (Å²) >= 11 is 1.43. The minimum atomic E-state index is -1.07.